The average Bonchev–Trinajstić information content (AvgIpc) is 2.49. The molecule has 0 radical (unpaired) electrons. The van der Waals surface area contributed by atoms with Crippen LogP contribution in [0.2, 0.25) is 0 Å². The molecule has 1 amide bonds. The van der Waals surface area contributed by atoms with Crippen molar-refractivity contribution in [2.45, 2.75) is 51.4 Å². The van der Waals surface area contributed by atoms with Crippen LogP contribution in [0, 0.1) is 5.92 Å². The van der Waals surface area contributed by atoms with Gasteiger partial charge in [-0.05, 0) is 30.9 Å². The molecule has 2 N–H and O–H groups in total. The Hall–Kier alpha value is -1.91. The van der Waals surface area contributed by atoms with Crippen LogP contribution in [-0.2, 0) is 4.79 Å². The van der Waals surface area contributed by atoms with Gasteiger partial charge in [-0.25, -0.2) is 9.78 Å². The van der Waals surface area contributed by atoms with Gasteiger partial charge in [-0.1, -0.05) is 32.1 Å². The summed E-state index contributed by atoms with van der Waals surface area (Å²) in [6.07, 6.45) is 10.6. The van der Waals surface area contributed by atoms with Crippen LogP contribution in [0.1, 0.15) is 61.9 Å². The molecule has 114 valence electrons. The maximum absolute atomic E-state index is 11.8. The van der Waals surface area contributed by atoms with Gasteiger partial charge in [0.15, 0.2) is 0 Å². The monoisotopic (exact) mass is 290 g/mol. The molecule has 21 heavy (non-hydrogen) atoms. The SMILES string of the molecule is O=C(CCCC1CCCCC1)Nc1ccc(C(=O)O)nc1. The predicted octanol–water partition coefficient (Wildman–Crippen LogP) is 3.47. The lowest BCUT2D eigenvalue weighted by molar-refractivity contribution is -0.116. The van der Waals surface area contributed by atoms with Crippen LogP contribution in [0.5, 0.6) is 0 Å². The summed E-state index contributed by atoms with van der Waals surface area (Å²) in [5, 5.41) is 11.5. The Kier molecular flexibility index (Phi) is 5.72. The third-order valence-electron chi connectivity index (χ3n) is 4.01. The van der Waals surface area contributed by atoms with Crippen molar-refractivity contribution in [2.75, 3.05) is 5.32 Å². The van der Waals surface area contributed by atoms with E-state index in [0.29, 0.717) is 12.1 Å². The van der Waals surface area contributed by atoms with Crippen LogP contribution in [0.25, 0.3) is 0 Å². The minimum Gasteiger partial charge on any atom is -0.477 e. The lowest BCUT2D eigenvalue weighted by atomic mass is 9.86. The van der Waals surface area contributed by atoms with Gasteiger partial charge in [-0.15, -0.1) is 0 Å². The zero-order valence-electron chi connectivity index (χ0n) is 12.2. The molecule has 1 aromatic rings. The molecule has 5 nitrogen and oxygen atoms in total. The second-order valence-electron chi connectivity index (χ2n) is 5.68. The molecule has 5 heteroatoms. The molecule has 0 unspecified atom stereocenters. The Bertz CT molecular complexity index is 479. The van der Waals surface area contributed by atoms with Gasteiger partial charge >= 0.3 is 5.97 Å². The van der Waals surface area contributed by atoms with Gasteiger partial charge in [0, 0.05) is 6.42 Å². The van der Waals surface area contributed by atoms with Gasteiger partial charge < -0.3 is 10.4 Å². The number of carboxylic acids is 1. The highest BCUT2D eigenvalue weighted by molar-refractivity contribution is 5.91. The highest BCUT2D eigenvalue weighted by Crippen LogP contribution is 2.27. The number of aromatic carboxylic acids is 1. The summed E-state index contributed by atoms with van der Waals surface area (Å²) in [6.45, 7) is 0. The third kappa shape index (κ3) is 5.17. The Balaban J connectivity index is 1.70. The van der Waals surface area contributed by atoms with Crippen LogP contribution in [-0.4, -0.2) is 22.0 Å². The van der Waals surface area contributed by atoms with E-state index in [1.165, 1.54) is 44.4 Å². The Morgan fingerprint density at radius 2 is 2.00 bits per heavy atom. The smallest absolute Gasteiger partial charge is 0.354 e. The quantitative estimate of drug-likeness (QED) is 0.840. The average molecular weight is 290 g/mol. The number of pyridine rings is 1. The van der Waals surface area contributed by atoms with E-state index >= 15 is 0 Å². The van der Waals surface area contributed by atoms with E-state index in [9.17, 15) is 9.59 Å². The van der Waals surface area contributed by atoms with Crippen LogP contribution in [0.4, 0.5) is 5.69 Å². The summed E-state index contributed by atoms with van der Waals surface area (Å²) < 4.78 is 0. The van der Waals surface area contributed by atoms with Gasteiger partial charge in [0.25, 0.3) is 0 Å². The standard InChI is InChI=1S/C16H22N2O3/c19-15(8-4-7-12-5-2-1-3-6-12)18-13-9-10-14(16(20)21)17-11-13/h9-12H,1-8H2,(H,18,19)(H,20,21). The largest absolute Gasteiger partial charge is 0.477 e. The number of carbonyl (C=O) groups is 2. The summed E-state index contributed by atoms with van der Waals surface area (Å²) in [4.78, 5) is 26.3. The number of nitrogens with one attached hydrogen (secondary N) is 1. The minimum absolute atomic E-state index is 0.0229. The first-order chi connectivity index (χ1) is 10.1. The van der Waals surface area contributed by atoms with Gasteiger partial charge in [-0.3, -0.25) is 4.79 Å². The molecule has 0 saturated heterocycles. The highest BCUT2D eigenvalue weighted by atomic mass is 16.4. The van der Waals surface area contributed by atoms with E-state index < -0.39 is 5.97 Å². The number of hydrogen-bond acceptors (Lipinski definition) is 3. The lowest BCUT2D eigenvalue weighted by Gasteiger charge is -2.21. The van der Waals surface area contributed by atoms with Crippen molar-refractivity contribution in [1.29, 1.82) is 0 Å². The molecule has 1 saturated carbocycles. The van der Waals surface area contributed by atoms with Crippen LogP contribution >= 0.6 is 0 Å². The van der Waals surface area contributed by atoms with Gasteiger partial charge in [0.1, 0.15) is 5.69 Å². The number of rotatable bonds is 6. The second kappa shape index (κ2) is 7.76. The van der Waals surface area contributed by atoms with Crippen molar-refractivity contribution in [1.82, 2.24) is 4.98 Å². The zero-order chi connectivity index (χ0) is 15.1. The Labute approximate surface area is 124 Å². The van der Waals surface area contributed by atoms with Crippen molar-refractivity contribution in [3.05, 3.63) is 24.0 Å². The number of amides is 1. The van der Waals surface area contributed by atoms with Crippen molar-refractivity contribution >= 4 is 17.6 Å². The molecule has 0 aliphatic heterocycles. The Morgan fingerprint density at radius 1 is 1.24 bits per heavy atom. The lowest BCUT2D eigenvalue weighted by Crippen LogP contribution is -2.13. The number of aromatic nitrogens is 1. The van der Waals surface area contributed by atoms with Crippen molar-refractivity contribution in [3.8, 4) is 0 Å². The maximum atomic E-state index is 11.8. The molecule has 0 bridgehead atoms. The van der Waals surface area contributed by atoms with Crippen LogP contribution in [0.15, 0.2) is 18.3 Å². The van der Waals surface area contributed by atoms with E-state index in [0.717, 1.165) is 18.8 Å². The van der Waals surface area contributed by atoms with Crippen LogP contribution in [0.3, 0.4) is 0 Å². The molecule has 1 aromatic heterocycles. The normalized spacial score (nSPS) is 15.6. The summed E-state index contributed by atoms with van der Waals surface area (Å²) in [6, 6.07) is 2.95. The number of nitrogens with zero attached hydrogens (tertiary/aromatic N) is 1. The topological polar surface area (TPSA) is 79.3 Å². The molecule has 0 aromatic carbocycles. The van der Waals surface area contributed by atoms with E-state index in [-0.39, 0.29) is 11.6 Å². The zero-order valence-corrected chi connectivity index (χ0v) is 12.2. The first-order valence-electron chi connectivity index (χ1n) is 7.64. The fourth-order valence-corrected chi connectivity index (χ4v) is 2.84. The molecule has 1 aliphatic rings. The third-order valence-corrected chi connectivity index (χ3v) is 4.01. The number of hydrogen-bond donors (Lipinski definition) is 2. The first-order valence-corrected chi connectivity index (χ1v) is 7.64. The van der Waals surface area contributed by atoms with Crippen molar-refractivity contribution in [2.24, 2.45) is 5.92 Å². The molecule has 1 fully saturated rings. The fourth-order valence-electron chi connectivity index (χ4n) is 2.84. The molecule has 1 aliphatic carbocycles. The van der Waals surface area contributed by atoms with Crippen molar-refractivity contribution in [3.63, 3.8) is 0 Å². The van der Waals surface area contributed by atoms with E-state index in [1.807, 2.05) is 0 Å². The van der Waals surface area contributed by atoms with Crippen molar-refractivity contribution < 1.29 is 14.7 Å². The van der Waals surface area contributed by atoms with Crippen LogP contribution < -0.4 is 5.32 Å². The summed E-state index contributed by atoms with van der Waals surface area (Å²) >= 11 is 0. The second-order valence-corrected chi connectivity index (χ2v) is 5.68. The minimum atomic E-state index is -1.07. The Morgan fingerprint density at radius 3 is 2.62 bits per heavy atom. The molecule has 2 rings (SSSR count). The van der Waals surface area contributed by atoms with Gasteiger partial charge in [-0.2, -0.15) is 0 Å². The highest BCUT2D eigenvalue weighted by Gasteiger charge is 2.13. The summed E-state index contributed by atoms with van der Waals surface area (Å²) in [7, 11) is 0. The molecule has 0 spiro atoms. The molecular formula is C16H22N2O3. The summed E-state index contributed by atoms with van der Waals surface area (Å²) in [5.74, 6) is -0.306. The molecule has 0 atom stereocenters. The first kappa shape index (κ1) is 15.5. The maximum Gasteiger partial charge on any atom is 0.354 e. The number of anilines is 1. The van der Waals surface area contributed by atoms with Gasteiger partial charge in [0.2, 0.25) is 5.91 Å². The summed E-state index contributed by atoms with van der Waals surface area (Å²) in [5.41, 5.74) is 0.521. The number of carboxylic acid groups (broad SMARTS) is 1. The van der Waals surface area contributed by atoms with E-state index in [2.05, 4.69) is 10.3 Å². The van der Waals surface area contributed by atoms with Gasteiger partial charge in [0.05, 0.1) is 11.9 Å². The van der Waals surface area contributed by atoms with E-state index in [1.54, 1.807) is 6.07 Å². The number of carbonyl (C=O) groups excluding carboxylic acids is 1. The fraction of sp³-hybridized carbons (Fsp3) is 0.562. The molecular weight excluding hydrogens is 268 g/mol. The predicted molar refractivity (Wildman–Crippen MR) is 80.3 cm³/mol. The van der Waals surface area contributed by atoms with E-state index in [4.69, 9.17) is 5.11 Å². The molecule has 1 heterocycles.